The van der Waals surface area contributed by atoms with Gasteiger partial charge in [-0.25, -0.2) is 4.79 Å². The minimum Gasteiger partial charge on any atom is -0.479 e. The van der Waals surface area contributed by atoms with E-state index in [0.717, 1.165) is 11.1 Å². The second-order valence-electron chi connectivity index (χ2n) is 6.54. The second-order valence-corrected chi connectivity index (χ2v) is 6.54. The average Bonchev–Trinajstić information content (AvgIpc) is 3.07. The molecule has 2 aromatic heterocycles. The van der Waals surface area contributed by atoms with Crippen molar-refractivity contribution in [2.45, 2.75) is 38.1 Å². The number of aromatic nitrogens is 3. The Morgan fingerprint density at radius 3 is 2.60 bits per heavy atom. The highest BCUT2D eigenvalue weighted by Crippen LogP contribution is 2.30. The zero-order valence-corrected chi connectivity index (χ0v) is 14.3. The van der Waals surface area contributed by atoms with E-state index in [1.165, 1.54) is 0 Å². The third-order valence-corrected chi connectivity index (χ3v) is 4.84. The molecule has 25 heavy (non-hydrogen) atoms. The Labute approximate surface area is 146 Å². The summed E-state index contributed by atoms with van der Waals surface area (Å²) in [6, 6.07) is 3.81. The molecule has 0 aliphatic carbocycles. The summed E-state index contributed by atoms with van der Waals surface area (Å²) in [5.74, 6) is -0.836. The quantitative estimate of drug-likeness (QED) is 0.892. The molecule has 1 N–H and O–H groups in total. The van der Waals surface area contributed by atoms with Gasteiger partial charge in [-0.3, -0.25) is 14.5 Å². The highest BCUT2D eigenvalue weighted by molar-refractivity contribution is 5.79. The van der Waals surface area contributed by atoms with Crippen LogP contribution in [-0.2, 0) is 21.5 Å². The lowest BCUT2D eigenvalue weighted by atomic mass is 9.87. The summed E-state index contributed by atoms with van der Waals surface area (Å²) in [6.07, 6.45) is 8.67. The number of pyridine rings is 1. The molecule has 0 unspecified atom stereocenters. The lowest BCUT2D eigenvalue weighted by Gasteiger charge is -2.39. The molecule has 2 aromatic rings. The maximum atomic E-state index is 12.4. The number of aliphatic carboxylic acids is 1. The molecule has 132 valence electrons. The molecule has 0 aromatic carbocycles. The number of rotatable bonds is 5. The summed E-state index contributed by atoms with van der Waals surface area (Å²) in [4.78, 5) is 30.1. The average molecular weight is 342 g/mol. The topological polar surface area (TPSA) is 88.3 Å². The SMILES string of the molecule is Cc1cnn(C2(C(=O)O)CCN(C(=O)CCc3cccnc3)CC2)c1. The van der Waals surface area contributed by atoms with Crippen molar-refractivity contribution >= 4 is 11.9 Å². The van der Waals surface area contributed by atoms with Gasteiger partial charge >= 0.3 is 5.97 Å². The van der Waals surface area contributed by atoms with E-state index in [9.17, 15) is 14.7 Å². The van der Waals surface area contributed by atoms with Crippen LogP contribution in [0.4, 0.5) is 0 Å². The van der Waals surface area contributed by atoms with Crippen molar-refractivity contribution in [1.29, 1.82) is 0 Å². The van der Waals surface area contributed by atoms with Crippen LogP contribution < -0.4 is 0 Å². The van der Waals surface area contributed by atoms with E-state index in [1.807, 2.05) is 19.1 Å². The fourth-order valence-corrected chi connectivity index (χ4v) is 3.27. The normalized spacial score (nSPS) is 16.6. The van der Waals surface area contributed by atoms with Crippen LogP contribution in [0.5, 0.6) is 0 Å². The van der Waals surface area contributed by atoms with Gasteiger partial charge in [0.25, 0.3) is 0 Å². The maximum Gasteiger partial charge on any atom is 0.331 e. The van der Waals surface area contributed by atoms with E-state index < -0.39 is 11.5 Å². The molecule has 7 nitrogen and oxygen atoms in total. The van der Waals surface area contributed by atoms with Gasteiger partial charge in [0.05, 0.1) is 6.20 Å². The molecule has 3 heterocycles. The fourth-order valence-electron chi connectivity index (χ4n) is 3.27. The number of carboxylic acid groups (broad SMARTS) is 1. The summed E-state index contributed by atoms with van der Waals surface area (Å²) >= 11 is 0. The molecule has 0 radical (unpaired) electrons. The highest BCUT2D eigenvalue weighted by Gasteiger charge is 2.44. The summed E-state index contributed by atoms with van der Waals surface area (Å²) in [5, 5.41) is 14.0. The van der Waals surface area contributed by atoms with E-state index in [0.29, 0.717) is 38.8 Å². The van der Waals surface area contributed by atoms with Crippen molar-refractivity contribution in [3.05, 3.63) is 48.0 Å². The number of hydrogen-bond donors (Lipinski definition) is 1. The first-order chi connectivity index (χ1) is 12.0. The van der Waals surface area contributed by atoms with Crippen molar-refractivity contribution in [3.8, 4) is 0 Å². The molecule has 0 bridgehead atoms. The Morgan fingerprint density at radius 2 is 2.04 bits per heavy atom. The van der Waals surface area contributed by atoms with Crippen LogP contribution in [0, 0.1) is 6.92 Å². The Bertz CT molecular complexity index is 749. The number of likely N-dealkylation sites (tertiary alicyclic amines) is 1. The summed E-state index contributed by atoms with van der Waals surface area (Å²) in [6.45, 7) is 2.74. The molecule has 1 aliphatic rings. The summed E-state index contributed by atoms with van der Waals surface area (Å²) in [5.41, 5.74) is 0.893. The first-order valence-electron chi connectivity index (χ1n) is 8.43. The van der Waals surface area contributed by atoms with E-state index in [4.69, 9.17) is 0 Å². The lowest BCUT2D eigenvalue weighted by molar-refractivity contribution is -0.153. The van der Waals surface area contributed by atoms with Crippen LogP contribution in [0.2, 0.25) is 0 Å². The van der Waals surface area contributed by atoms with Crippen LogP contribution in [0.25, 0.3) is 0 Å². The van der Waals surface area contributed by atoms with E-state index in [-0.39, 0.29) is 5.91 Å². The molecule has 1 saturated heterocycles. The Hall–Kier alpha value is -2.70. The maximum absolute atomic E-state index is 12.4. The fraction of sp³-hybridized carbons (Fsp3) is 0.444. The summed E-state index contributed by atoms with van der Waals surface area (Å²) in [7, 11) is 0. The number of carbonyl (C=O) groups is 2. The number of carbonyl (C=O) groups excluding carboxylic acids is 1. The number of hydrogen-bond acceptors (Lipinski definition) is 4. The molecule has 1 amide bonds. The van der Waals surface area contributed by atoms with Gasteiger partial charge in [-0.05, 0) is 30.5 Å². The minimum atomic E-state index is -1.06. The first-order valence-corrected chi connectivity index (χ1v) is 8.43. The van der Waals surface area contributed by atoms with Gasteiger partial charge in [0, 0.05) is 50.9 Å². The molecular formula is C18H22N4O3. The van der Waals surface area contributed by atoms with Crippen LogP contribution in [0.15, 0.2) is 36.9 Å². The van der Waals surface area contributed by atoms with Crippen LogP contribution in [-0.4, -0.2) is 49.7 Å². The zero-order chi connectivity index (χ0) is 17.9. The zero-order valence-electron chi connectivity index (χ0n) is 14.3. The van der Waals surface area contributed by atoms with Gasteiger partial charge in [-0.2, -0.15) is 5.10 Å². The van der Waals surface area contributed by atoms with Crippen molar-refractivity contribution in [2.24, 2.45) is 0 Å². The van der Waals surface area contributed by atoms with Crippen molar-refractivity contribution in [1.82, 2.24) is 19.7 Å². The van der Waals surface area contributed by atoms with Crippen molar-refractivity contribution in [2.75, 3.05) is 13.1 Å². The number of nitrogens with zero attached hydrogens (tertiary/aromatic N) is 4. The molecular weight excluding hydrogens is 320 g/mol. The molecule has 0 spiro atoms. The standard InChI is InChI=1S/C18H22N4O3/c1-14-11-20-22(13-14)18(17(24)25)6-9-21(10-7-18)16(23)5-4-15-3-2-8-19-12-15/h2-3,8,11-13H,4-7,9-10H2,1H3,(H,24,25). The minimum absolute atomic E-state index is 0.0551. The molecule has 0 atom stereocenters. The van der Waals surface area contributed by atoms with Gasteiger partial charge in [0.15, 0.2) is 5.54 Å². The van der Waals surface area contributed by atoms with E-state index in [2.05, 4.69) is 10.1 Å². The smallest absolute Gasteiger partial charge is 0.331 e. The van der Waals surface area contributed by atoms with Gasteiger partial charge in [0.1, 0.15) is 0 Å². The van der Waals surface area contributed by atoms with Crippen LogP contribution in [0.1, 0.15) is 30.4 Å². The number of amides is 1. The Balaban J connectivity index is 1.62. The molecule has 1 fully saturated rings. The van der Waals surface area contributed by atoms with E-state index >= 15 is 0 Å². The molecule has 1 aliphatic heterocycles. The number of piperidine rings is 1. The predicted molar refractivity (Wildman–Crippen MR) is 90.9 cm³/mol. The highest BCUT2D eigenvalue weighted by atomic mass is 16.4. The number of aryl methyl sites for hydroxylation is 2. The summed E-state index contributed by atoms with van der Waals surface area (Å²) < 4.78 is 1.54. The number of carboxylic acids is 1. The predicted octanol–water partition coefficient (Wildman–Crippen LogP) is 1.62. The van der Waals surface area contributed by atoms with Gasteiger partial charge in [0.2, 0.25) is 5.91 Å². The largest absolute Gasteiger partial charge is 0.479 e. The lowest BCUT2D eigenvalue weighted by Crippen LogP contribution is -2.52. The molecule has 3 rings (SSSR count). The third-order valence-electron chi connectivity index (χ3n) is 4.84. The van der Waals surface area contributed by atoms with Crippen molar-refractivity contribution < 1.29 is 14.7 Å². The van der Waals surface area contributed by atoms with Crippen molar-refractivity contribution in [3.63, 3.8) is 0 Å². The van der Waals surface area contributed by atoms with Crippen LogP contribution >= 0.6 is 0 Å². The van der Waals surface area contributed by atoms with E-state index in [1.54, 1.807) is 34.4 Å². The van der Waals surface area contributed by atoms with Crippen LogP contribution in [0.3, 0.4) is 0 Å². The third kappa shape index (κ3) is 3.55. The Kier molecular flexibility index (Phi) is 4.83. The van der Waals surface area contributed by atoms with Gasteiger partial charge < -0.3 is 10.0 Å². The monoisotopic (exact) mass is 342 g/mol. The van der Waals surface area contributed by atoms with Gasteiger partial charge in [-0.1, -0.05) is 6.07 Å². The first kappa shape index (κ1) is 17.1. The van der Waals surface area contributed by atoms with Gasteiger partial charge in [-0.15, -0.1) is 0 Å². The molecule has 0 saturated carbocycles. The second kappa shape index (κ2) is 7.04. The Morgan fingerprint density at radius 1 is 1.28 bits per heavy atom. The molecule has 7 heteroatoms.